The maximum absolute atomic E-state index is 13.2. The maximum atomic E-state index is 13.2. The molecule has 3 aromatic rings. The fourth-order valence-corrected chi connectivity index (χ4v) is 4.62. The van der Waals surface area contributed by atoms with Gasteiger partial charge in [0.05, 0.1) is 24.4 Å². The highest BCUT2D eigenvalue weighted by molar-refractivity contribution is 6.16. The average molecular weight is 515 g/mol. The van der Waals surface area contributed by atoms with Gasteiger partial charge in [0, 0.05) is 11.6 Å². The number of carbonyl (C=O) groups is 5. The Bertz CT molecular complexity index is 1390. The summed E-state index contributed by atoms with van der Waals surface area (Å²) >= 11 is 0. The van der Waals surface area contributed by atoms with E-state index in [1.807, 2.05) is 30.3 Å². The second kappa shape index (κ2) is 11.3. The summed E-state index contributed by atoms with van der Waals surface area (Å²) in [4.78, 5) is 67.9. The van der Waals surface area contributed by atoms with Crippen LogP contribution in [0.15, 0.2) is 66.9 Å². The third kappa shape index (κ3) is 5.77. The van der Waals surface area contributed by atoms with Gasteiger partial charge < -0.3 is 10.6 Å². The van der Waals surface area contributed by atoms with E-state index in [4.69, 9.17) is 0 Å². The van der Waals surface area contributed by atoms with E-state index in [1.54, 1.807) is 50.4 Å². The van der Waals surface area contributed by atoms with Crippen molar-refractivity contribution in [2.24, 2.45) is 17.8 Å². The minimum absolute atomic E-state index is 0.148. The molecular weight excluding hydrogens is 484 g/mol. The first-order chi connectivity index (χ1) is 18.2. The van der Waals surface area contributed by atoms with Gasteiger partial charge in [0.15, 0.2) is 5.78 Å². The number of hydrogen-bond acceptors (Lipinski definition) is 6. The van der Waals surface area contributed by atoms with Gasteiger partial charge in [0.25, 0.3) is 5.91 Å². The molecule has 0 bridgehead atoms. The first kappa shape index (κ1) is 26.7. The molecule has 3 N–H and O–H groups in total. The van der Waals surface area contributed by atoms with E-state index < -0.39 is 53.3 Å². The van der Waals surface area contributed by atoms with Gasteiger partial charge in [-0.25, -0.2) is 0 Å². The number of rotatable bonds is 9. The fraction of sp³-hybridized carbons (Fsp3) is 0.310. The molecule has 4 rings (SSSR count). The van der Waals surface area contributed by atoms with Crippen LogP contribution in [0.1, 0.15) is 49.3 Å². The molecular formula is C29H30N4O5. The van der Waals surface area contributed by atoms with Gasteiger partial charge in [-0.15, -0.1) is 0 Å². The average Bonchev–Trinajstić information content (AvgIpc) is 3.17. The van der Waals surface area contributed by atoms with Crippen LogP contribution in [0.25, 0.3) is 10.8 Å². The Morgan fingerprint density at radius 3 is 2.21 bits per heavy atom. The SMILES string of the molecule is CC(C)[C@H](NC(=O)C[C@H](NC(=O)c1cc2ccccc2cn1)c1ccccc1)C(=O)[C@@H]1C(=O)NC(=O)[C@H]1C. The predicted molar refractivity (Wildman–Crippen MR) is 141 cm³/mol. The molecule has 2 aromatic carbocycles. The lowest BCUT2D eigenvalue weighted by molar-refractivity contribution is -0.137. The predicted octanol–water partition coefficient (Wildman–Crippen LogP) is 2.71. The van der Waals surface area contributed by atoms with Crippen LogP contribution in [0.2, 0.25) is 0 Å². The van der Waals surface area contributed by atoms with Crippen LogP contribution in [-0.2, 0) is 19.2 Å². The topological polar surface area (TPSA) is 134 Å². The second-order valence-corrected chi connectivity index (χ2v) is 9.87. The molecule has 1 aromatic heterocycles. The van der Waals surface area contributed by atoms with Crippen LogP contribution >= 0.6 is 0 Å². The molecule has 0 unspecified atom stereocenters. The smallest absolute Gasteiger partial charge is 0.270 e. The Kier molecular flexibility index (Phi) is 7.95. The van der Waals surface area contributed by atoms with E-state index in [0.717, 1.165) is 10.8 Å². The van der Waals surface area contributed by atoms with Crippen LogP contribution in [0.3, 0.4) is 0 Å². The molecule has 2 heterocycles. The van der Waals surface area contributed by atoms with E-state index in [2.05, 4.69) is 20.9 Å². The van der Waals surface area contributed by atoms with E-state index in [-0.39, 0.29) is 18.0 Å². The van der Waals surface area contributed by atoms with Crippen molar-refractivity contribution >= 4 is 40.2 Å². The maximum Gasteiger partial charge on any atom is 0.270 e. The molecule has 0 saturated carbocycles. The molecule has 0 radical (unpaired) electrons. The minimum atomic E-state index is -1.15. The van der Waals surface area contributed by atoms with Gasteiger partial charge in [-0.3, -0.25) is 34.3 Å². The molecule has 4 atom stereocenters. The molecule has 1 aliphatic heterocycles. The van der Waals surface area contributed by atoms with Crippen molar-refractivity contribution in [1.29, 1.82) is 0 Å². The molecule has 0 aliphatic carbocycles. The van der Waals surface area contributed by atoms with E-state index in [1.165, 1.54) is 6.92 Å². The summed E-state index contributed by atoms with van der Waals surface area (Å²) in [6.07, 6.45) is 1.48. The van der Waals surface area contributed by atoms with Gasteiger partial charge in [-0.1, -0.05) is 75.4 Å². The zero-order valence-electron chi connectivity index (χ0n) is 21.4. The molecule has 196 valence electrons. The number of ketones is 1. The molecule has 0 spiro atoms. The number of nitrogens with zero attached hydrogens (tertiary/aromatic N) is 1. The normalized spacial score (nSPS) is 18.6. The number of fused-ring (bicyclic) bond motifs is 1. The number of pyridine rings is 1. The van der Waals surface area contributed by atoms with Crippen LogP contribution in [-0.4, -0.2) is 40.4 Å². The Balaban J connectivity index is 1.51. The molecule has 1 fully saturated rings. The van der Waals surface area contributed by atoms with Gasteiger partial charge in [0.2, 0.25) is 17.7 Å². The highest BCUT2D eigenvalue weighted by Gasteiger charge is 2.46. The highest BCUT2D eigenvalue weighted by Crippen LogP contribution is 2.24. The van der Waals surface area contributed by atoms with Gasteiger partial charge in [-0.2, -0.15) is 0 Å². The van der Waals surface area contributed by atoms with Crippen LogP contribution in [0, 0.1) is 17.8 Å². The first-order valence-corrected chi connectivity index (χ1v) is 12.5. The zero-order valence-corrected chi connectivity index (χ0v) is 21.4. The third-order valence-corrected chi connectivity index (χ3v) is 6.80. The lowest BCUT2D eigenvalue weighted by Crippen LogP contribution is -2.49. The van der Waals surface area contributed by atoms with Crippen molar-refractivity contribution in [3.63, 3.8) is 0 Å². The van der Waals surface area contributed by atoms with Crippen LogP contribution in [0.4, 0.5) is 0 Å². The standard InChI is InChI=1S/C29H30N4O5/c1-16(2)25(26(35)24-17(3)27(36)33-29(24)38)32-23(34)14-21(18-9-5-4-6-10-18)31-28(37)22-13-19-11-7-8-12-20(19)15-30-22/h4-13,15-17,21,24-25H,14H2,1-3H3,(H,31,37)(H,32,34)(H,33,36,38)/t17-,21-,24+,25-/m0/s1. The van der Waals surface area contributed by atoms with Gasteiger partial charge in [0.1, 0.15) is 11.6 Å². The molecule has 4 amide bonds. The Hall–Kier alpha value is -4.40. The zero-order chi connectivity index (χ0) is 27.4. The van der Waals surface area contributed by atoms with Crippen molar-refractivity contribution < 1.29 is 24.0 Å². The second-order valence-electron chi connectivity index (χ2n) is 9.87. The summed E-state index contributed by atoms with van der Waals surface area (Å²) in [5.41, 5.74) is 0.921. The van der Waals surface area contributed by atoms with Crippen molar-refractivity contribution in [2.75, 3.05) is 0 Å². The number of nitrogens with one attached hydrogen (secondary N) is 3. The van der Waals surface area contributed by atoms with E-state index >= 15 is 0 Å². The minimum Gasteiger partial charge on any atom is -0.346 e. The van der Waals surface area contributed by atoms with Crippen molar-refractivity contribution in [3.05, 3.63) is 78.1 Å². The fourth-order valence-electron chi connectivity index (χ4n) is 4.62. The molecule has 9 heteroatoms. The van der Waals surface area contributed by atoms with Crippen LogP contribution < -0.4 is 16.0 Å². The van der Waals surface area contributed by atoms with Gasteiger partial charge >= 0.3 is 0 Å². The van der Waals surface area contributed by atoms with E-state index in [0.29, 0.717) is 5.56 Å². The lowest BCUT2D eigenvalue weighted by atomic mass is 9.85. The quantitative estimate of drug-likeness (QED) is 0.297. The monoisotopic (exact) mass is 514 g/mol. The summed E-state index contributed by atoms with van der Waals surface area (Å²) in [6, 6.07) is 16.6. The molecule has 1 aliphatic rings. The first-order valence-electron chi connectivity index (χ1n) is 12.5. The number of aromatic nitrogens is 1. The largest absolute Gasteiger partial charge is 0.346 e. The summed E-state index contributed by atoms with van der Waals surface area (Å²) in [5, 5.41) is 9.58. The van der Waals surface area contributed by atoms with Crippen molar-refractivity contribution in [1.82, 2.24) is 20.9 Å². The van der Waals surface area contributed by atoms with Crippen LogP contribution in [0.5, 0.6) is 0 Å². The number of amides is 4. The molecule has 1 saturated heterocycles. The van der Waals surface area contributed by atoms with E-state index in [9.17, 15) is 24.0 Å². The Morgan fingerprint density at radius 2 is 1.58 bits per heavy atom. The summed E-state index contributed by atoms with van der Waals surface area (Å²) in [5.74, 6) is -4.86. The summed E-state index contributed by atoms with van der Waals surface area (Å²) in [6.45, 7) is 5.03. The number of Topliss-reactive ketones (excluding diaryl/α,β-unsaturated/α-hetero) is 1. The number of benzene rings is 2. The summed E-state index contributed by atoms with van der Waals surface area (Å²) < 4.78 is 0. The molecule has 38 heavy (non-hydrogen) atoms. The van der Waals surface area contributed by atoms with Gasteiger partial charge in [-0.05, 0) is 22.9 Å². The third-order valence-electron chi connectivity index (χ3n) is 6.80. The Morgan fingerprint density at radius 1 is 0.921 bits per heavy atom. The highest BCUT2D eigenvalue weighted by atomic mass is 16.2. The lowest BCUT2D eigenvalue weighted by Gasteiger charge is -2.26. The molecule has 9 nitrogen and oxygen atoms in total. The summed E-state index contributed by atoms with van der Waals surface area (Å²) in [7, 11) is 0. The number of carbonyl (C=O) groups excluding carboxylic acids is 5. The number of imide groups is 1. The number of hydrogen-bond donors (Lipinski definition) is 3. The van der Waals surface area contributed by atoms with Crippen molar-refractivity contribution in [3.8, 4) is 0 Å². The Labute approximate surface area is 220 Å². The van der Waals surface area contributed by atoms with Crippen molar-refractivity contribution in [2.45, 2.75) is 39.3 Å².